The lowest BCUT2D eigenvalue weighted by Crippen LogP contribution is -2.10. The van der Waals surface area contributed by atoms with E-state index in [4.69, 9.17) is 0 Å². The minimum Gasteiger partial charge on any atom is -0.310 e. The summed E-state index contributed by atoms with van der Waals surface area (Å²) in [7, 11) is 0. The summed E-state index contributed by atoms with van der Waals surface area (Å²) in [5.41, 5.74) is 12.5. The van der Waals surface area contributed by atoms with Crippen LogP contribution in [0.5, 0.6) is 0 Å². The summed E-state index contributed by atoms with van der Waals surface area (Å²) in [6.07, 6.45) is 0. The lowest BCUT2D eigenvalue weighted by molar-refractivity contribution is 1.18. The molecule has 0 atom stereocenters. The van der Waals surface area contributed by atoms with Gasteiger partial charge in [-0.2, -0.15) is 0 Å². The molecule has 0 aliphatic carbocycles. The number of thiophene rings is 1. The zero-order valence-corrected chi connectivity index (χ0v) is 36.7. The summed E-state index contributed by atoms with van der Waals surface area (Å²) < 4.78 is 4.99. The van der Waals surface area contributed by atoms with Crippen molar-refractivity contribution < 1.29 is 0 Å². The Morgan fingerprint density at radius 2 is 0.818 bits per heavy atom. The molecule has 13 rings (SSSR count). The molecule has 2 heterocycles. The average Bonchev–Trinajstić information content (AvgIpc) is 3.93. The van der Waals surface area contributed by atoms with E-state index in [1.54, 1.807) is 0 Å². The van der Waals surface area contributed by atoms with Gasteiger partial charge in [0.25, 0.3) is 0 Å². The van der Waals surface area contributed by atoms with Crippen LogP contribution in [0.2, 0.25) is 0 Å². The molecule has 2 aromatic heterocycles. The summed E-state index contributed by atoms with van der Waals surface area (Å²) in [5.74, 6) is 0. The Bertz CT molecular complexity index is 3910. The molecule has 0 aliphatic heterocycles. The van der Waals surface area contributed by atoms with E-state index >= 15 is 0 Å². The Labute approximate surface area is 386 Å². The van der Waals surface area contributed by atoms with Crippen molar-refractivity contribution in [2.75, 3.05) is 9.80 Å². The Balaban J connectivity index is 0.977. The fourth-order valence-corrected chi connectivity index (χ4v) is 11.2. The van der Waals surface area contributed by atoms with Crippen LogP contribution in [-0.2, 0) is 0 Å². The lowest BCUT2D eigenvalue weighted by atomic mass is 10.0. The molecular weight excluding hydrogens is 819 g/mol. The Hall–Kier alpha value is -8.44. The van der Waals surface area contributed by atoms with Gasteiger partial charge >= 0.3 is 0 Å². The van der Waals surface area contributed by atoms with E-state index in [1.807, 2.05) is 11.3 Å². The van der Waals surface area contributed by atoms with E-state index in [0.29, 0.717) is 0 Å². The zero-order valence-electron chi connectivity index (χ0n) is 35.9. The molecule has 0 N–H and O–H groups in total. The van der Waals surface area contributed by atoms with Crippen LogP contribution in [0.4, 0.5) is 34.1 Å². The predicted octanol–water partition coefficient (Wildman–Crippen LogP) is 18.1. The third-order valence-corrected chi connectivity index (χ3v) is 14.2. The van der Waals surface area contributed by atoms with Crippen LogP contribution in [0.3, 0.4) is 0 Å². The van der Waals surface area contributed by atoms with Gasteiger partial charge in [0.1, 0.15) is 0 Å². The number of para-hydroxylation sites is 4. The van der Waals surface area contributed by atoms with E-state index in [1.165, 1.54) is 69.1 Å². The number of aromatic nitrogens is 1. The van der Waals surface area contributed by atoms with Crippen LogP contribution in [0.1, 0.15) is 0 Å². The third kappa shape index (κ3) is 6.42. The zero-order chi connectivity index (χ0) is 43.6. The van der Waals surface area contributed by atoms with Crippen molar-refractivity contribution in [1.29, 1.82) is 0 Å². The molecule has 0 spiro atoms. The van der Waals surface area contributed by atoms with Crippen LogP contribution in [0.15, 0.2) is 249 Å². The number of hydrogen-bond donors (Lipinski definition) is 0. The Kier molecular flexibility index (Phi) is 9.03. The van der Waals surface area contributed by atoms with E-state index in [9.17, 15) is 0 Å². The number of anilines is 6. The normalized spacial score (nSPS) is 11.6. The number of rotatable bonds is 8. The molecule has 0 amide bonds. The fourth-order valence-electron chi connectivity index (χ4n) is 10.1. The lowest BCUT2D eigenvalue weighted by Gasteiger charge is -2.27. The predicted molar refractivity (Wildman–Crippen MR) is 283 cm³/mol. The van der Waals surface area contributed by atoms with Crippen molar-refractivity contribution in [3.05, 3.63) is 249 Å². The molecule has 0 bridgehead atoms. The molecule has 0 saturated carbocycles. The topological polar surface area (TPSA) is 11.4 Å². The summed E-state index contributed by atoms with van der Waals surface area (Å²) in [4.78, 5) is 4.76. The molecule has 4 heteroatoms. The number of hydrogen-bond acceptors (Lipinski definition) is 3. The number of fused-ring (bicyclic) bond motifs is 9. The number of nitrogens with zero attached hydrogens (tertiary/aromatic N) is 3. The molecule has 0 unspecified atom stereocenters. The molecule has 3 nitrogen and oxygen atoms in total. The van der Waals surface area contributed by atoms with Crippen molar-refractivity contribution in [1.82, 2.24) is 4.57 Å². The van der Waals surface area contributed by atoms with Crippen molar-refractivity contribution in [3.63, 3.8) is 0 Å². The summed E-state index contributed by atoms with van der Waals surface area (Å²) in [6.45, 7) is 0. The van der Waals surface area contributed by atoms with Gasteiger partial charge in [0, 0.05) is 70.8 Å². The minimum atomic E-state index is 1.09. The highest BCUT2D eigenvalue weighted by Gasteiger charge is 2.20. The standard InChI is InChI=1S/C62H41N3S/c1-4-17-47(18-5-1)63(48-19-6-2-7-20-48)51-31-27-45-39-52(32-28-44(45)38-51)64(53-33-36-60-57(41-53)62-54-24-11-10-15-42(54)30-35-61(62)66-60)50-23-14-16-43(37-50)46-29-34-56-55-25-12-13-26-58(55)65(59(56)40-46)49-21-8-3-9-22-49/h1-41H. The van der Waals surface area contributed by atoms with Gasteiger partial charge in [0.2, 0.25) is 0 Å². The van der Waals surface area contributed by atoms with E-state index in [-0.39, 0.29) is 0 Å². The molecule has 11 aromatic carbocycles. The van der Waals surface area contributed by atoms with Gasteiger partial charge in [-0.25, -0.2) is 0 Å². The summed E-state index contributed by atoms with van der Waals surface area (Å²) in [5, 5.41) is 9.99. The second-order valence-electron chi connectivity index (χ2n) is 17.0. The highest BCUT2D eigenvalue weighted by atomic mass is 32.1. The molecule has 0 aliphatic rings. The molecule has 0 saturated heterocycles. The van der Waals surface area contributed by atoms with Gasteiger partial charge in [-0.3, -0.25) is 0 Å². The van der Waals surface area contributed by atoms with Gasteiger partial charge in [0.05, 0.1) is 11.0 Å². The SMILES string of the molecule is c1ccc(N(c2ccccc2)c2ccc3cc(N(c4cccc(-c5ccc6c7ccccc7n(-c7ccccc7)c6c5)c4)c4ccc5sc6ccc7ccccc7c6c5c4)ccc3c2)cc1. The maximum Gasteiger partial charge on any atom is 0.0547 e. The molecule has 0 radical (unpaired) electrons. The van der Waals surface area contributed by atoms with Crippen LogP contribution in [-0.4, -0.2) is 4.57 Å². The quantitative estimate of drug-likeness (QED) is 0.151. The van der Waals surface area contributed by atoms with Crippen LogP contribution < -0.4 is 9.80 Å². The van der Waals surface area contributed by atoms with Crippen molar-refractivity contribution in [2.24, 2.45) is 0 Å². The fraction of sp³-hybridized carbons (Fsp3) is 0. The smallest absolute Gasteiger partial charge is 0.0547 e. The molecule has 310 valence electrons. The number of benzene rings is 11. The average molecular weight is 860 g/mol. The Morgan fingerprint density at radius 3 is 1.56 bits per heavy atom. The highest BCUT2D eigenvalue weighted by Crippen LogP contribution is 2.45. The first-order valence-electron chi connectivity index (χ1n) is 22.5. The first kappa shape index (κ1) is 38.1. The van der Waals surface area contributed by atoms with E-state index in [0.717, 1.165) is 45.4 Å². The monoisotopic (exact) mass is 859 g/mol. The van der Waals surface area contributed by atoms with Crippen molar-refractivity contribution >= 4 is 109 Å². The first-order chi connectivity index (χ1) is 32.7. The minimum absolute atomic E-state index is 1.09. The molecule has 13 aromatic rings. The largest absolute Gasteiger partial charge is 0.310 e. The van der Waals surface area contributed by atoms with Crippen LogP contribution in [0, 0.1) is 0 Å². The first-order valence-corrected chi connectivity index (χ1v) is 23.3. The second kappa shape index (κ2) is 15.7. The second-order valence-corrected chi connectivity index (χ2v) is 18.1. The summed E-state index contributed by atoms with van der Waals surface area (Å²) >= 11 is 1.87. The van der Waals surface area contributed by atoms with Crippen LogP contribution in [0.25, 0.3) is 80.3 Å². The van der Waals surface area contributed by atoms with Gasteiger partial charge in [-0.05, 0) is 142 Å². The maximum atomic E-state index is 2.44. The van der Waals surface area contributed by atoms with Crippen molar-refractivity contribution in [2.45, 2.75) is 0 Å². The van der Waals surface area contributed by atoms with Crippen LogP contribution >= 0.6 is 11.3 Å². The molecule has 66 heavy (non-hydrogen) atoms. The van der Waals surface area contributed by atoms with Crippen molar-refractivity contribution in [3.8, 4) is 16.8 Å². The summed E-state index contributed by atoms with van der Waals surface area (Å²) in [6, 6.07) is 90.7. The Morgan fingerprint density at radius 1 is 0.288 bits per heavy atom. The van der Waals surface area contributed by atoms with E-state index in [2.05, 4.69) is 263 Å². The van der Waals surface area contributed by atoms with Gasteiger partial charge in [0.15, 0.2) is 0 Å². The van der Waals surface area contributed by atoms with Gasteiger partial charge < -0.3 is 14.4 Å². The molecule has 0 fully saturated rings. The molecular formula is C62H41N3S. The van der Waals surface area contributed by atoms with E-state index < -0.39 is 0 Å². The van der Waals surface area contributed by atoms with Gasteiger partial charge in [-0.15, -0.1) is 11.3 Å². The third-order valence-electron chi connectivity index (χ3n) is 13.1. The maximum absolute atomic E-state index is 2.44. The highest BCUT2D eigenvalue weighted by molar-refractivity contribution is 7.26. The van der Waals surface area contributed by atoms with Gasteiger partial charge in [-0.1, -0.05) is 140 Å².